The number of aromatic nitrogens is 3. The first-order valence-corrected chi connectivity index (χ1v) is 15.8. The molecule has 45 heavy (non-hydrogen) atoms. The van der Waals surface area contributed by atoms with Crippen LogP contribution in [-0.2, 0) is 6.42 Å². The fourth-order valence-electron chi connectivity index (χ4n) is 5.25. The molecule has 1 saturated heterocycles. The van der Waals surface area contributed by atoms with E-state index in [9.17, 15) is 18.0 Å². The minimum Gasteiger partial charge on any atom is -0.406 e. The average molecular weight is 637 g/mol. The third-order valence-electron chi connectivity index (χ3n) is 7.41. The van der Waals surface area contributed by atoms with Gasteiger partial charge in [-0.15, -0.1) is 18.3 Å². The number of rotatable bonds is 9. The van der Waals surface area contributed by atoms with E-state index in [0.29, 0.717) is 11.5 Å². The second-order valence-electron chi connectivity index (χ2n) is 11.0. The van der Waals surface area contributed by atoms with Gasteiger partial charge in [-0.3, -0.25) is 0 Å². The Kier molecular flexibility index (Phi) is 10.1. The summed E-state index contributed by atoms with van der Waals surface area (Å²) in [5, 5.41) is 8.24. The zero-order valence-electron chi connectivity index (χ0n) is 25.3. The van der Waals surface area contributed by atoms with E-state index in [1.807, 2.05) is 37.3 Å². The number of aliphatic imine (C=N–C) groups is 1. The standard InChI is InChI=1S/C33H35F3N6O2S/c1-22-7-4-8-23(2)29(22)41-19-6-20-45-32(41)39-31(43)38-24(3)9-5-10-25-11-13-26(14-12-25)30-37-21-42(40-30)27-15-17-28(18-16-27)44-33(34,35)36/h4,7-8,11-18,21,24H,5-6,9-10,19-20H2,1-3H3,(H,38,43)/b39-32-. The molecule has 1 aliphatic rings. The Labute approximate surface area is 264 Å². The van der Waals surface area contributed by atoms with E-state index < -0.39 is 6.36 Å². The van der Waals surface area contributed by atoms with Gasteiger partial charge >= 0.3 is 12.4 Å². The lowest BCUT2D eigenvalue weighted by Crippen LogP contribution is -2.38. The number of nitrogens with zero attached hydrogens (tertiary/aromatic N) is 5. The van der Waals surface area contributed by atoms with Crippen LogP contribution in [-0.4, -0.2) is 50.7 Å². The monoisotopic (exact) mass is 636 g/mol. The highest BCUT2D eigenvalue weighted by molar-refractivity contribution is 8.14. The summed E-state index contributed by atoms with van der Waals surface area (Å²) in [7, 11) is 0. The maximum atomic E-state index is 12.8. The summed E-state index contributed by atoms with van der Waals surface area (Å²) >= 11 is 1.62. The second-order valence-corrected chi connectivity index (χ2v) is 12.0. The zero-order valence-corrected chi connectivity index (χ0v) is 26.2. The minimum atomic E-state index is -4.74. The quantitative estimate of drug-likeness (QED) is 0.201. The van der Waals surface area contributed by atoms with Gasteiger partial charge in [-0.1, -0.05) is 54.2 Å². The van der Waals surface area contributed by atoms with Crippen LogP contribution in [0.3, 0.4) is 0 Å². The van der Waals surface area contributed by atoms with Crippen molar-refractivity contribution in [1.82, 2.24) is 20.1 Å². The molecule has 2 heterocycles. The van der Waals surface area contributed by atoms with Crippen molar-refractivity contribution >= 4 is 28.6 Å². The van der Waals surface area contributed by atoms with E-state index in [1.54, 1.807) is 11.8 Å². The number of carbonyl (C=O) groups is 1. The smallest absolute Gasteiger partial charge is 0.406 e. The number of benzene rings is 3. The Hall–Kier alpha value is -4.32. The molecule has 0 radical (unpaired) electrons. The fourth-order valence-corrected chi connectivity index (χ4v) is 6.19. The van der Waals surface area contributed by atoms with Crippen molar-refractivity contribution in [3.05, 3.63) is 89.7 Å². The summed E-state index contributed by atoms with van der Waals surface area (Å²) in [6.45, 7) is 7.02. The molecule has 8 nitrogen and oxygen atoms in total. The highest BCUT2D eigenvalue weighted by Crippen LogP contribution is 2.31. The molecule has 1 unspecified atom stereocenters. The number of amidine groups is 1. The summed E-state index contributed by atoms with van der Waals surface area (Å²) in [4.78, 5) is 23.8. The number of halogens is 3. The first kappa shape index (κ1) is 32.1. The lowest BCUT2D eigenvalue weighted by Gasteiger charge is -2.32. The van der Waals surface area contributed by atoms with E-state index in [-0.39, 0.29) is 17.8 Å². The van der Waals surface area contributed by atoms with Crippen LogP contribution in [0.4, 0.5) is 23.7 Å². The first-order chi connectivity index (χ1) is 21.6. The first-order valence-electron chi connectivity index (χ1n) is 14.8. The number of para-hydroxylation sites is 1. The third-order valence-corrected chi connectivity index (χ3v) is 8.47. The molecule has 5 rings (SSSR count). The number of carbonyl (C=O) groups excluding carboxylic acids is 1. The van der Waals surface area contributed by atoms with Gasteiger partial charge < -0.3 is 15.0 Å². The van der Waals surface area contributed by atoms with Gasteiger partial charge in [0.05, 0.1) is 5.69 Å². The zero-order chi connectivity index (χ0) is 32.0. The minimum absolute atomic E-state index is 0.0226. The van der Waals surface area contributed by atoms with Crippen molar-refractivity contribution < 1.29 is 22.7 Å². The van der Waals surface area contributed by atoms with Crippen molar-refractivity contribution in [2.45, 2.75) is 58.9 Å². The molecule has 0 spiro atoms. The number of hydrogen-bond donors (Lipinski definition) is 1. The predicted molar refractivity (Wildman–Crippen MR) is 172 cm³/mol. The lowest BCUT2D eigenvalue weighted by atomic mass is 10.0. The van der Waals surface area contributed by atoms with E-state index in [0.717, 1.165) is 60.0 Å². The SMILES string of the molecule is Cc1cccc(C)c1N1CCCS/C1=N\C(=O)NC(C)CCCc1ccc(-c2ncn(-c3ccc(OC(F)(F)F)cc3)n2)cc1. The van der Waals surface area contributed by atoms with E-state index in [2.05, 4.69) is 56.0 Å². The summed E-state index contributed by atoms with van der Waals surface area (Å²) in [5.74, 6) is 1.15. The molecule has 4 aromatic rings. The van der Waals surface area contributed by atoms with Gasteiger partial charge in [0.15, 0.2) is 11.0 Å². The number of anilines is 1. The van der Waals surface area contributed by atoms with Gasteiger partial charge in [0.25, 0.3) is 0 Å². The van der Waals surface area contributed by atoms with Gasteiger partial charge in [0, 0.05) is 29.6 Å². The predicted octanol–water partition coefficient (Wildman–Crippen LogP) is 7.87. The molecule has 236 valence electrons. The van der Waals surface area contributed by atoms with Crippen LogP contribution in [0.15, 0.2) is 78.0 Å². The van der Waals surface area contributed by atoms with E-state index in [1.165, 1.54) is 46.4 Å². The van der Waals surface area contributed by atoms with Crippen LogP contribution in [0.25, 0.3) is 17.1 Å². The number of ether oxygens (including phenoxy) is 1. The van der Waals surface area contributed by atoms with Crippen molar-refractivity contribution in [2.75, 3.05) is 17.2 Å². The van der Waals surface area contributed by atoms with Crippen LogP contribution in [0.1, 0.15) is 42.9 Å². The molecule has 1 aromatic heterocycles. The molecule has 1 fully saturated rings. The maximum absolute atomic E-state index is 12.8. The molecule has 0 saturated carbocycles. The molecule has 3 aromatic carbocycles. The van der Waals surface area contributed by atoms with Crippen molar-refractivity contribution in [3.63, 3.8) is 0 Å². The number of alkyl halides is 3. The fraction of sp³-hybridized carbons (Fsp3) is 0.333. The van der Waals surface area contributed by atoms with Crippen molar-refractivity contribution in [2.24, 2.45) is 4.99 Å². The van der Waals surface area contributed by atoms with Crippen LogP contribution in [0.2, 0.25) is 0 Å². The third kappa shape index (κ3) is 8.65. The number of thioether (sulfide) groups is 1. The Bertz CT molecular complexity index is 1620. The van der Waals surface area contributed by atoms with Crippen molar-refractivity contribution in [1.29, 1.82) is 0 Å². The average Bonchev–Trinajstić information content (AvgIpc) is 3.48. The van der Waals surface area contributed by atoms with Gasteiger partial charge in [0.1, 0.15) is 12.1 Å². The largest absolute Gasteiger partial charge is 0.573 e. The lowest BCUT2D eigenvalue weighted by molar-refractivity contribution is -0.274. The maximum Gasteiger partial charge on any atom is 0.573 e. The molecular formula is C33H35F3N6O2S. The van der Waals surface area contributed by atoms with E-state index in [4.69, 9.17) is 0 Å². The molecule has 0 bridgehead atoms. The normalized spacial score (nSPS) is 15.2. The van der Waals surface area contributed by atoms with E-state index >= 15 is 0 Å². The Balaban J connectivity index is 1.11. The Morgan fingerprint density at radius 1 is 1.07 bits per heavy atom. The molecule has 1 aliphatic heterocycles. The number of urea groups is 1. The van der Waals surface area contributed by atoms with Gasteiger partial charge in [-0.2, -0.15) is 4.99 Å². The summed E-state index contributed by atoms with van der Waals surface area (Å²) in [6, 6.07) is 19.3. The van der Waals surface area contributed by atoms with Crippen LogP contribution in [0.5, 0.6) is 5.75 Å². The van der Waals surface area contributed by atoms with Gasteiger partial charge in [-0.25, -0.2) is 14.5 Å². The molecule has 12 heteroatoms. The van der Waals surface area contributed by atoms with Crippen LogP contribution in [0, 0.1) is 13.8 Å². The molecule has 1 N–H and O–H groups in total. The molecular weight excluding hydrogens is 601 g/mol. The number of hydrogen-bond acceptors (Lipinski definition) is 5. The second kappa shape index (κ2) is 14.2. The highest BCUT2D eigenvalue weighted by Gasteiger charge is 2.31. The molecule has 0 aliphatic carbocycles. The Morgan fingerprint density at radius 3 is 2.47 bits per heavy atom. The molecule has 2 amide bonds. The topological polar surface area (TPSA) is 84.6 Å². The summed E-state index contributed by atoms with van der Waals surface area (Å²) < 4.78 is 42.6. The Morgan fingerprint density at radius 2 is 1.78 bits per heavy atom. The van der Waals surface area contributed by atoms with Crippen molar-refractivity contribution in [3.8, 4) is 22.8 Å². The van der Waals surface area contributed by atoms with Gasteiger partial charge in [0.2, 0.25) is 0 Å². The summed E-state index contributed by atoms with van der Waals surface area (Å²) in [6.07, 6.45) is 0.358. The number of nitrogens with one attached hydrogen (secondary N) is 1. The highest BCUT2D eigenvalue weighted by atomic mass is 32.2. The number of aryl methyl sites for hydroxylation is 3. The van der Waals surface area contributed by atoms with Crippen LogP contribution >= 0.6 is 11.8 Å². The number of amides is 2. The van der Waals surface area contributed by atoms with Crippen LogP contribution < -0.4 is 15.0 Å². The summed E-state index contributed by atoms with van der Waals surface area (Å²) in [5.41, 5.74) is 6.01. The molecule has 1 atom stereocenters. The van der Waals surface area contributed by atoms with Gasteiger partial charge in [-0.05, 0) is 87.4 Å².